The van der Waals surface area contributed by atoms with Crippen molar-refractivity contribution in [3.05, 3.63) is 23.4 Å². The number of carbonyl (C=O) groups excluding carboxylic acids is 1. The normalized spacial score (nSPS) is 18.6. The van der Waals surface area contributed by atoms with Crippen LogP contribution in [0.5, 0.6) is 0 Å². The Balaban J connectivity index is 1.48. The molecule has 3 heterocycles. The maximum absolute atomic E-state index is 12.2. The van der Waals surface area contributed by atoms with Gasteiger partial charge in [0.25, 0.3) is 0 Å². The predicted molar refractivity (Wildman–Crippen MR) is 82.5 cm³/mol. The molecule has 6 nitrogen and oxygen atoms in total. The predicted octanol–water partition coefficient (Wildman–Crippen LogP) is 2.37. The van der Waals surface area contributed by atoms with E-state index in [1.165, 1.54) is 0 Å². The highest BCUT2D eigenvalue weighted by Crippen LogP contribution is 2.21. The molecule has 0 aliphatic carbocycles. The first-order valence-electron chi connectivity index (χ1n) is 7.47. The Morgan fingerprint density at radius 3 is 3.23 bits per heavy atom. The lowest BCUT2D eigenvalue weighted by atomic mass is 10.2. The largest absolute Gasteiger partial charge is 0.377 e. The van der Waals surface area contributed by atoms with Crippen molar-refractivity contribution in [2.75, 3.05) is 19.8 Å². The van der Waals surface area contributed by atoms with Crippen LogP contribution < -0.4 is 0 Å². The Hall–Kier alpha value is -1.73. The van der Waals surface area contributed by atoms with Crippen molar-refractivity contribution in [2.24, 2.45) is 0 Å². The number of morpholine rings is 1. The SMILES string of the molecule is C[C@H]1COCCN1C(=O)CCCc1nc(-c2cccs2)no1. The first kappa shape index (κ1) is 15.2. The number of amides is 1. The standard InChI is InChI=1S/C15H19N3O3S/c1-11-10-20-8-7-18(11)14(19)6-2-5-13-16-15(17-21-13)12-4-3-9-22-12/h3-4,9,11H,2,5-8,10H2,1H3/t11-/m0/s1. The van der Waals surface area contributed by atoms with Crippen LogP contribution in [0.15, 0.2) is 22.0 Å². The van der Waals surface area contributed by atoms with Gasteiger partial charge in [-0.05, 0) is 24.8 Å². The van der Waals surface area contributed by atoms with Crippen LogP contribution in [-0.4, -0.2) is 46.7 Å². The Labute approximate surface area is 133 Å². The smallest absolute Gasteiger partial charge is 0.226 e. The Bertz CT molecular complexity index is 611. The van der Waals surface area contributed by atoms with Gasteiger partial charge < -0.3 is 14.2 Å². The second-order valence-electron chi connectivity index (χ2n) is 5.35. The lowest BCUT2D eigenvalue weighted by molar-refractivity contribution is -0.139. The fraction of sp³-hybridized carbons (Fsp3) is 0.533. The molecule has 2 aromatic rings. The zero-order valence-corrected chi connectivity index (χ0v) is 13.3. The molecule has 22 heavy (non-hydrogen) atoms. The molecule has 1 fully saturated rings. The number of hydrogen-bond acceptors (Lipinski definition) is 6. The minimum Gasteiger partial charge on any atom is -0.377 e. The summed E-state index contributed by atoms with van der Waals surface area (Å²) in [5.74, 6) is 1.39. The molecule has 0 bridgehead atoms. The molecule has 1 amide bonds. The third kappa shape index (κ3) is 3.53. The third-order valence-electron chi connectivity index (χ3n) is 3.68. The van der Waals surface area contributed by atoms with Crippen LogP contribution in [-0.2, 0) is 16.0 Å². The third-order valence-corrected chi connectivity index (χ3v) is 4.54. The summed E-state index contributed by atoms with van der Waals surface area (Å²) >= 11 is 1.58. The van der Waals surface area contributed by atoms with Crippen LogP contribution in [0, 0.1) is 0 Å². The molecule has 0 saturated carbocycles. The minimum atomic E-state index is 0.162. The van der Waals surface area contributed by atoms with Gasteiger partial charge in [-0.1, -0.05) is 11.2 Å². The number of ether oxygens (including phenoxy) is 1. The number of aromatic nitrogens is 2. The van der Waals surface area contributed by atoms with Crippen molar-refractivity contribution in [2.45, 2.75) is 32.2 Å². The Morgan fingerprint density at radius 1 is 1.55 bits per heavy atom. The zero-order chi connectivity index (χ0) is 15.4. The van der Waals surface area contributed by atoms with Gasteiger partial charge in [0.15, 0.2) is 0 Å². The van der Waals surface area contributed by atoms with E-state index in [9.17, 15) is 4.79 Å². The summed E-state index contributed by atoms with van der Waals surface area (Å²) in [5, 5.41) is 5.95. The number of aryl methyl sites for hydroxylation is 1. The lowest BCUT2D eigenvalue weighted by Crippen LogP contribution is -2.47. The van der Waals surface area contributed by atoms with Crippen molar-refractivity contribution in [3.63, 3.8) is 0 Å². The summed E-state index contributed by atoms with van der Waals surface area (Å²) in [5.41, 5.74) is 0. The van der Waals surface area contributed by atoms with E-state index in [0.29, 0.717) is 44.3 Å². The van der Waals surface area contributed by atoms with Gasteiger partial charge in [0, 0.05) is 19.4 Å². The van der Waals surface area contributed by atoms with E-state index in [1.54, 1.807) is 11.3 Å². The van der Waals surface area contributed by atoms with Crippen molar-refractivity contribution < 1.29 is 14.1 Å². The second-order valence-corrected chi connectivity index (χ2v) is 6.30. The minimum absolute atomic E-state index is 0.162. The summed E-state index contributed by atoms with van der Waals surface area (Å²) in [6.07, 6.45) is 1.85. The molecule has 0 spiro atoms. The van der Waals surface area contributed by atoms with Crippen molar-refractivity contribution in [1.29, 1.82) is 0 Å². The number of rotatable bonds is 5. The molecule has 1 aliphatic heterocycles. The van der Waals surface area contributed by atoms with Crippen LogP contribution >= 0.6 is 11.3 Å². The molecule has 118 valence electrons. The number of nitrogens with zero attached hydrogens (tertiary/aromatic N) is 3. The van der Waals surface area contributed by atoms with Crippen molar-refractivity contribution in [3.8, 4) is 10.7 Å². The molecule has 1 aliphatic rings. The second kappa shape index (κ2) is 7.02. The first-order valence-corrected chi connectivity index (χ1v) is 8.35. The van der Waals surface area contributed by atoms with Crippen LogP contribution in [0.2, 0.25) is 0 Å². The molecule has 0 unspecified atom stereocenters. The Kier molecular flexibility index (Phi) is 4.84. The molecular formula is C15H19N3O3S. The van der Waals surface area contributed by atoms with Gasteiger partial charge in [-0.3, -0.25) is 4.79 Å². The highest BCUT2D eigenvalue weighted by molar-refractivity contribution is 7.13. The van der Waals surface area contributed by atoms with E-state index >= 15 is 0 Å². The van der Waals surface area contributed by atoms with E-state index in [4.69, 9.17) is 9.26 Å². The van der Waals surface area contributed by atoms with Gasteiger partial charge in [-0.15, -0.1) is 11.3 Å². The van der Waals surface area contributed by atoms with Crippen molar-refractivity contribution >= 4 is 17.2 Å². The number of thiophene rings is 1. The molecule has 7 heteroatoms. The molecular weight excluding hydrogens is 302 g/mol. The van der Waals surface area contributed by atoms with Crippen LogP contribution in [0.25, 0.3) is 10.7 Å². The van der Waals surface area contributed by atoms with Crippen molar-refractivity contribution in [1.82, 2.24) is 15.0 Å². The van der Waals surface area contributed by atoms with Gasteiger partial charge in [0.1, 0.15) is 0 Å². The molecule has 3 rings (SSSR count). The van der Waals surface area contributed by atoms with E-state index in [0.717, 1.165) is 11.3 Å². The molecule has 0 aromatic carbocycles. The summed E-state index contributed by atoms with van der Waals surface area (Å²) in [7, 11) is 0. The highest BCUT2D eigenvalue weighted by atomic mass is 32.1. The van der Waals surface area contributed by atoms with Gasteiger partial charge in [-0.25, -0.2) is 0 Å². The monoisotopic (exact) mass is 321 g/mol. The van der Waals surface area contributed by atoms with E-state index < -0.39 is 0 Å². The zero-order valence-electron chi connectivity index (χ0n) is 12.5. The average Bonchev–Trinajstić information content (AvgIpc) is 3.18. The number of hydrogen-bond donors (Lipinski definition) is 0. The van der Waals surface area contributed by atoms with E-state index in [2.05, 4.69) is 10.1 Å². The molecule has 1 saturated heterocycles. The molecule has 2 aromatic heterocycles. The van der Waals surface area contributed by atoms with E-state index in [-0.39, 0.29) is 11.9 Å². The summed E-state index contributed by atoms with van der Waals surface area (Å²) in [6.45, 7) is 3.95. The van der Waals surface area contributed by atoms with Gasteiger partial charge in [0.05, 0.1) is 24.1 Å². The first-order chi connectivity index (χ1) is 10.7. The molecule has 0 radical (unpaired) electrons. The topological polar surface area (TPSA) is 68.5 Å². The Morgan fingerprint density at radius 2 is 2.45 bits per heavy atom. The molecule has 0 N–H and O–H groups in total. The maximum atomic E-state index is 12.2. The highest BCUT2D eigenvalue weighted by Gasteiger charge is 2.23. The number of carbonyl (C=O) groups is 1. The van der Waals surface area contributed by atoms with Gasteiger partial charge in [-0.2, -0.15) is 4.98 Å². The summed E-state index contributed by atoms with van der Waals surface area (Å²) in [4.78, 5) is 19.5. The van der Waals surface area contributed by atoms with Crippen LogP contribution in [0.4, 0.5) is 0 Å². The van der Waals surface area contributed by atoms with Crippen LogP contribution in [0.1, 0.15) is 25.7 Å². The fourth-order valence-corrected chi connectivity index (χ4v) is 3.14. The average molecular weight is 321 g/mol. The van der Waals surface area contributed by atoms with Gasteiger partial charge in [0.2, 0.25) is 17.6 Å². The van der Waals surface area contributed by atoms with Crippen LogP contribution in [0.3, 0.4) is 0 Å². The fourth-order valence-electron chi connectivity index (χ4n) is 2.49. The quantitative estimate of drug-likeness (QED) is 0.845. The van der Waals surface area contributed by atoms with E-state index in [1.807, 2.05) is 29.3 Å². The maximum Gasteiger partial charge on any atom is 0.226 e. The van der Waals surface area contributed by atoms with Gasteiger partial charge >= 0.3 is 0 Å². The summed E-state index contributed by atoms with van der Waals surface area (Å²) < 4.78 is 10.6. The lowest BCUT2D eigenvalue weighted by Gasteiger charge is -2.33. The molecule has 1 atom stereocenters. The summed E-state index contributed by atoms with van der Waals surface area (Å²) in [6, 6.07) is 4.08.